The Kier molecular flexibility index (Phi) is 6.22. The molecule has 0 saturated heterocycles. The van der Waals surface area contributed by atoms with Gasteiger partial charge >= 0.3 is 0 Å². The van der Waals surface area contributed by atoms with E-state index in [1.54, 1.807) is 12.1 Å². The Morgan fingerprint density at radius 2 is 1.59 bits per heavy atom. The molecular weight excluding hydrogens is 399 g/mol. The first-order chi connectivity index (χ1) is 15.4. The minimum atomic E-state index is -0.249. The first-order valence-electron chi connectivity index (χ1n) is 10.7. The molecule has 162 valence electrons. The lowest BCUT2D eigenvalue weighted by molar-refractivity contribution is 0.130. The van der Waals surface area contributed by atoms with Crippen molar-refractivity contribution >= 4 is 5.71 Å². The van der Waals surface area contributed by atoms with Gasteiger partial charge < -0.3 is 9.40 Å². The SMILES string of the molecule is C/C(=N\OCc1ccc(C)cc1)c1cc(-c2ccc(F)cc2)n(-c2cccc(C)c2)c1C. The normalized spacial score (nSPS) is 11.6. The van der Waals surface area contributed by atoms with Gasteiger partial charge in [-0.15, -0.1) is 0 Å². The zero-order chi connectivity index (χ0) is 22.7. The van der Waals surface area contributed by atoms with Crippen LogP contribution in [-0.4, -0.2) is 10.3 Å². The number of aryl methyl sites for hydroxylation is 2. The predicted octanol–water partition coefficient (Wildman–Crippen LogP) is 7.15. The number of nitrogens with zero attached hydrogens (tertiary/aromatic N) is 2. The summed E-state index contributed by atoms with van der Waals surface area (Å²) in [5.74, 6) is -0.249. The topological polar surface area (TPSA) is 26.5 Å². The van der Waals surface area contributed by atoms with E-state index in [9.17, 15) is 4.39 Å². The lowest BCUT2D eigenvalue weighted by atomic mass is 10.1. The molecule has 0 N–H and O–H groups in total. The Balaban J connectivity index is 1.71. The Hall–Kier alpha value is -3.66. The maximum Gasteiger partial charge on any atom is 0.142 e. The quantitative estimate of drug-likeness (QED) is 0.237. The fourth-order valence-electron chi connectivity index (χ4n) is 3.84. The summed E-state index contributed by atoms with van der Waals surface area (Å²) in [5, 5.41) is 4.39. The highest BCUT2D eigenvalue weighted by Gasteiger charge is 2.17. The standard InChI is InChI=1S/C28H27FN2O/c1-19-8-10-23(11-9-19)18-32-30-21(3)27-17-28(24-12-14-25(29)15-13-24)31(22(27)4)26-7-5-6-20(2)16-26/h5-17H,18H2,1-4H3/b30-21+. The number of benzene rings is 3. The van der Waals surface area contributed by atoms with Crippen LogP contribution in [0.1, 0.15) is 34.9 Å². The highest BCUT2D eigenvalue weighted by Crippen LogP contribution is 2.30. The van der Waals surface area contributed by atoms with E-state index < -0.39 is 0 Å². The molecule has 4 heteroatoms. The third kappa shape index (κ3) is 4.65. The van der Waals surface area contributed by atoms with Gasteiger partial charge in [-0.2, -0.15) is 0 Å². The van der Waals surface area contributed by atoms with Crippen LogP contribution in [0, 0.1) is 26.6 Å². The van der Waals surface area contributed by atoms with Crippen LogP contribution in [0.3, 0.4) is 0 Å². The minimum absolute atomic E-state index is 0.249. The van der Waals surface area contributed by atoms with Crippen LogP contribution in [0.5, 0.6) is 0 Å². The van der Waals surface area contributed by atoms with Crippen LogP contribution in [0.15, 0.2) is 84.0 Å². The van der Waals surface area contributed by atoms with Gasteiger partial charge in [-0.05, 0) is 86.8 Å². The lowest BCUT2D eigenvalue weighted by Crippen LogP contribution is -2.03. The Bertz CT molecular complexity index is 1250. The molecule has 0 amide bonds. The molecule has 0 atom stereocenters. The summed E-state index contributed by atoms with van der Waals surface area (Å²) in [5.41, 5.74) is 9.29. The van der Waals surface area contributed by atoms with Crippen molar-refractivity contribution in [1.29, 1.82) is 0 Å². The third-order valence-corrected chi connectivity index (χ3v) is 5.59. The van der Waals surface area contributed by atoms with Crippen molar-refractivity contribution in [2.45, 2.75) is 34.3 Å². The molecule has 0 spiro atoms. The summed E-state index contributed by atoms with van der Waals surface area (Å²) >= 11 is 0. The molecule has 0 aliphatic rings. The summed E-state index contributed by atoms with van der Waals surface area (Å²) < 4.78 is 15.7. The first-order valence-corrected chi connectivity index (χ1v) is 10.7. The summed E-state index contributed by atoms with van der Waals surface area (Å²) in [4.78, 5) is 5.66. The Morgan fingerprint density at radius 3 is 2.28 bits per heavy atom. The van der Waals surface area contributed by atoms with Crippen LogP contribution in [0.4, 0.5) is 4.39 Å². The summed E-state index contributed by atoms with van der Waals surface area (Å²) in [7, 11) is 0. The molecule has 0 unspecified atom stereocenters. The van der Waals surface area contributed by atoms with Gasteiger partial charge in [-0.1, -0.05) is 47.1 Å². The van der Waals surface area contributed by atoms with Gasteiger partial charge in [-0.3, -0.25) is 0 Å². The highest BCUT2D eigenvalue weighted by atomic mass is 19.1. The fourth-order valence-corrected chi connectivity index (χ4v) is 3.84. The zero-order valence-corrected chi connectivity index (χ0v) is 18.9. The van der Waals surface area contributed by atoms with E-state index in [1.807, 2.05) is 25.1 Å². The van der Waals surface area contributed by atoms with Crippen LogP contribution in [0.2, 0.25) is 0 Å². The van der Waals surface area contributed by atoms with E-state index in [4.69, 9.17) is 4.84 Å². The Labute approximate surface area is 188 Å². The van der Waals surface area contributed by atoms with E-state index in [1.165, 1.54) is 23.3 Å². The van der Waals surface area contributed by atoms with Crippen molar-refractivity contribution in [3.8, 4) is 16.9 Å². The molecule has 0 fully saturated rings. The van der Waals surface area contributed by atoms with Crippen molar-refractivity contribution in [3.63, 3.8) is 0 Å². The average Bonchev–Trinajstić information content (AvgIpc) is 3.13. The van der Waals surface area contributed by atoms with Crippen molar-refractivity contribution in [2.24, 2.45) is 5.16 Å². The molecule has 32 heavy (non-hydrogen) atoms. The molecule has 1 aromatic heterocycles. The van der Waals surface area contributed by atoms with E-state index >= 15 is 0 Å². The van der Waals surface area contributed by atoms with Crippen molar-refractivity contribution < 1.29 is 9.23 Å². The van der Waals surface area contributed by atoms with Gasteiger partial charge in [0, 0.05) is 16.9 Å². The lowest BCUT2D eigenvalue weighted by Gasteiger charge is -2.13. The van der Waals surface area contributed by atoms with Gasteiger partial charge in [0.15, 0.2) is 0 Å². The predicted molar refractivity (Wildman–Crippen MR) is 129 cm³/mol. The number of aromatic nitrogens is 1. The second-order valence-corrected chi connectivity index (χ2v) is 8.15. The third-order valence-electron chi connectivity index (χ3n) is 5.59. The van der Waals surface area contributed by atoms with Crippen molar-refractivity contribution in [1.82, 2.24) is 4.57 Å². The molecule has 4 rings (SSSR count). The van der Waals surface area contributed by atoms with Crippen LogP contribution in [-0.2, 0) is 11.4 Å². The summed E-state index contributed by atoms with van der Waals surface area (Å²) in [6, 6.07) is 25.3. The van der Waals surface area contributed by atoms with E-state index in [2.05, 4.69) is 66.9 Å². The molecule has 3 nitrogen and oxygen atoms in total. The number of hydrogen-bond acceptors (Lipinski definition) is 2. The van der Waals surface area contributed by atoms with Crippen molar-refractivity contribution in [3.05, 3.63) is 113 Å². The maximum atomic E-state index is 13.6. The molecular formula is C28H27FN2O. The monoisotopic (exact) mass is 426 g/mol. The van der Waals surface area contributed by atoms with Crippen LogP contribution in [0.25, 0.3) is 16.9 Å². The summed E-state index contributed by atoms with van der Waals surface area (Å²) in [6.45, 7) is 8.58. The number of hydrogen-bond donors (Lipinski definition) is 0. The Morgan fingerprint density at radius 1 is 0.875 bits per heavy atom. The van der Waals surface area contributed by atoms with Gasteiger partial charge in [0.1, 0.15) is 12.4 Å². The summed E-state index contributed by atoms with van der Waals surface area (Å²) in [6.07, 6.45) is 0. The smallest absolute Gasteiger partial charge is 0.142 e. The van der Waals surface area contributed by atoms with E-state index in [-0.39, 0.29) is 5.82 Å². The molecule has 1 heterocycles. The minimum Gasteiger partial charge on any atom is -0.391 e. The molecule has 0 aliphatic carbocycles. The average molecular weight is 427 g/mol. The molecule has 0 saturated carbocycles. The molecule has 3 aromatic carbocycles. The molecule has 0 bridgehead atoms. The second kappa shape index (κ2) is 9.23. The molecule has 0 radical (unpaired) electrons. The number of oxime groups is 1. The van der Waals surface area contributed by atoms with Crippen molar-refractivity contribution in [2.75, 3.05) is 0 Å². The number of rotatable bonds is 6. The van der Waals surface area contributed by atoms with Crippen LogP contribution < -0.4 is 0 Å². The highest BCUT2D eigenvalue weighted by molar-refractivity contribution is 6.01. The first kappa shape index (κ1) is 21.6. The van der Waals surface area contributed by atoms with Gasteiger partial charge in [-0.25, -0.2) is 4.39 Å². The number of halogens is 1. The van der Waals surface area contributed by atoms with Gasteiger partial charge in [0.25, 0.3) is 0 Å². The van der Waals surface area contributed by atoms with Gasteiger partial charge in [0.05, 0.1) is 11.4 Å². The van der Waals surface area contributed by atoms with E-state index in [0.29, 0.717) is 6.61 Å². The van der Waals surface area contributed by atoms with E-state index in [0.717, 1.165) is 39.5 Å². The maximum absolute atomic E-state index is 13.6. The fraction of sp³-hybridized carbons (Fsp3) is 0.179. The zero-order valence-electron chi connectivity index (χ0n) is 18.9. The second-order valence-electron chi connectivity index (χ2n) is 8.15. The van der Waals surface area contributed by atoms with Crippen LogP contribution >= 0.6 is 0 Å². The molecule has 0 aliphatic heterocycles. The molecule has 4 aromatic rings. The van der Waals surface area contributed by atoms with Gasteiger partial charge in [0.2, 0.25) is 0 Å². The largest absolute Gasteiger partial charge is 0.391 e.